The van der Waals surface area contributed by atoms with E-state index in [1.807, 2.05) is 28.6 Å². The number of alkyl halides is 1. The molecule has 10 heteroatoms. The van der Waals surface area contributed by atoms with Gasteiger partial charge in [-0.25, -0.2) is 19.0 Å². The van der Waals surface area contributed by atoms with Gasteiger partial charge in [-0.15, -0.1) is 0 Å². The topological polar surface area (TPSA) is 88.3 Å². The lowest BCUT2D eigenvalue weighted by Gasteiger charge is -2.39. The molecule has 2 N–H and O–H groups in total. The molecule has 2 aliphatic heterocycles. The second-order valence-electron chi connectivity index (χ2n) is 9.69. The molecule has 2 saturated heterocycles. The fourth-order valence-corrected chi connectivity index (χ4v) is 5.53. The third kappa shape index (κ3) is 4.04. The van der Waals surface area contributed by atoms with Crippen molar-refractivity contribution in [2.75, 3.05) is 31.6 Å². The summed E-state index contributed by atoms with van der Waals surface area (Å²) in [4.78, 5) is 11.2. The molecule has 3 fully saturated rings. The Morgan fingerprint density at radius 2 is 2.06 bits per heavy atom. The smallest absolute Gasteiger partial charge is 0.227 e. The highest BCUT2D eigenvalue weighted by Gasteiger charge is 2.38. The summed E-state index contributed by atoms with van der Waals surface area (Å²) in [5.41, 5.74) is 3.45. The first kappa shape index (κ1) is 22.2. The predicted octanol–water partition coefficient (Wildman–Crippen LogP) is 3.75. The molecular weight excluding hydrogens is 459 g/mol. The van der Waals surface area contributed by atoms with Crippen molar-refractivity contribution in [1.82, 2.24) is 24.6 Å². The molecule has 34 heavy (non-hydrogen) atoms. The number of aromatic nitrogens is 4. The van der Waals surface area contributed by atoms with E-state index in [9.17, 15) is 5.11 Å². The van der Waals surface area contributed by atoms with Gasteiger partial charge >= 0.3 is 0 Å². The number of aliphatic hydroxyl groups is 1. The molecule has 180 valence electrons. The van der Waals surface area contributed by atoms with Crippen molar-refractivity contribution in [1.29, 1.82) is 0 Å². The molecule has 1 aromatic carbocycles. The first-order valence-corrected chi connectivity index (χ1v) is 12.3. The number of aryl methyl sites for hydroxylation is 1. The Kier molecular flexibility index (Phi) is 5.68. The SMILES string of the molecule is Cc1cc2cnc(Nc3cnn(C4CC4)c3Cl)nc2cc1[C@@H]1CCN(C2COCC2O)CC1F. The molecule has 3 unspecified atom stereocenters. The normalized spacial score (nSPS) is 28.0. The van der Waals surface area contributed by atoms with Crippen LogP contribution in [0.2, 0.25) is 5.15 Å². The number of piperidine rings is 1. The summed E-state index contributed by atoms with van der Waals surface area (Å²) < 4.78 is 22.6. The van der Waals surface area contributed by atoms with Gasteiger partial charge in [-0.2, -0.15) is 5.10 Å². The Bertz CT molecular complexity index is 1220. The number of rotatable bonds is 5. The van der Waals surface area contributed by atoms with Gasteiger partial charge in [-0.1, -0.05) is 11.6 Å². The fraction of sp³-hybridized carbons (Fsp3) is 0.542. The maximum atomic E-state index is 15.4. The molecular formula is C24H28ClFN6O2. The second-order valence-corrected chi connectivity index (χ2v) is 10.0. The third-order valence-electron chi connectivity index (χ3n) is 7.30. The van der Waals surface area contributed by atoms with Crippen LogP contribution in [0, 0.1) is 6.92 Å². The zero-order valence-corrected chi connectivity index (χ0v) is 19.7. The van der Waals surface area contributed by atoms with E-state index in [1.165, 1.54) is 0 Å². The minimum absolute atomic E-state index is 0.116. The number of halogens is 2. The minimum Gasteiger partial charge on any atom is -0.389 e. The van der Waals surface area contributed by atoms with Crippen LogP contribution in [0.5, 0.6) is 0 Å². The van der Waals surface area contributed by atoms with Crippen molar-refractivity contribution in [3.63, 3.8) is 0 Å². The molecule has 8 nitrogen and oxygen atoms in total. The van der Waals surface area contributed by atoms with E-state index < -0.39 is 12.3 Å². The molecule has 1 aliphatic carbocycles. The number of ether oxygens (including phenoxy) is 1. The molecule has 4 heterocycles. The van der Waals surface area contributed by atoms with E-state index >= 15 is 4.39 Å². The largest absolute Gasteiger partial charge is 0.389 e. The van der Waals surface area contributed by atoms with Crippen molar-refractivity contribution in [2.45, 2.75) is 56.5 Å². The summed E-state index contributed by atoms with van der Waals surface area (Å²) >= 11 is 6.47. The highest BCUT2D eigenvalue weighted by molar-refractivity contribution is 6.32. The Morgan fingerprint density at radius 3 is 2.79 bits per heavy atom. The monoisotopic (exact) mass is 486 g/mol. The molecule has 6 rings (SSSR count). The zero-order valence-electron chi connectivity index (χ0n) is 19.0. The molecule has 0 amide bonds. The van der Waals surface area contributed by atoms with Crippen molar-refractivity contribution in [2.24, 2.45) is 0 Å². The zero-order chi connectivity index (χ0) is 23.4. The molecule has 0 bridgehead atoms. The number of anilines is 2. The molecule has 1 saturated carbocycles. The Morgan fingerprint density at radius 1 is 1.21 bits per heavy atom. The maximum Gasteiger partial charge on any atom is 0.227 e. The van der Waals surface area contributed by atoms with Crippen LogP contribution < -0.4 is 5.32 Å². The highest BCUT2D eigenvalue weighted by Crippen LogP contribution is 2.39. The number of nitrogens with zero attached hydrogens (tertiary/aromatic N) is 5. The number of benzene rings is 1. The van der Waals surface area contributed by atoms with Crippen LogP contribution in [0.25, 0.3) is 10.9 Å². The third-order valence-corrected chi connectivity index (χ3v) is 7.68. The summed E-state index contributed by atoms with van der Waals surface area (Å²) in [5, 5.41) is 19.1. The number of hydrogen-bond acceptors (Lipinski definition) is 7. The molecule has 3 aromatic rings. The lowest BCUT2D eigenvalue weighted by Crippen LogP contribution is -2.50. The van der Waals surface area contributed by atoms with Gasteiger partial charge in [-0.05, 0) is 56.0 Å². The number of hydrogen-bond donors (Lipinski definition) is 2. The molecule has 4 atom stereocenters. The first-order chi connectivity index (χ1) is 16.5. The van der Waals surface area contributed by atoms with Crippen LogP contribution in [-0.2, 0) is 4.74 Å². The number of aliphatic hydroxyl groups excluding tert-OH is 1. The van der Waals surface area contributed by atoms with Gasteiger partial charge < -0.3 is 15.2 Å². The van der Waals surface area contributed by atoms with E-state index in [0.29, 0.717) is 49.0 Å². The van der Waals surface area contributed by atoms with E-state index in [4.69, 9.17) is 21.3 Å². The summed E-state index contributed by atoms with van der Waals surface area (Å²) in [6.07, 6.45) is 4.78. The summed E-state index contributed by atoms with van der Waals surface area (Å²) in [5.74, 6) is 0.221. The van der Waals surface area contributed by atoms with Gasteiger partial charge in [0.1, 0.15) is 6.17 Å². The van der Waals surface area contributed by atoms with Gasteiger partial charge in [0.05, 0.1) is 48.8 Å². The molecule has 3 aliphatic rings. The number of nitrogens with one attached hydrogen (secondary N) is 1. The summed E-state index contributed by atoms with van der Waals surface area (Å²) in [6.45, 7) is 3.83. The Balaban J connectivity index is 1.23. The predicted molar refractivity (Wildman–Crippen MR) is 128 cm³/mol. The molecule has 2 aromatic heterocycles. The fourth-order valence-electron chi connectivity index (χ4n) is 5.25. The van der Waals surface area contributed by atoms with Gasteiger partial charge in [-0.3, -0.25) is 4.90 Å². The lowest BCUT2D eigenvalue weighted by molar-refractivity contribution is 0.0352. The average Bonchev–Trinajstić information content (AvgIpc) is 3.47. The van der Waals surface area contributed by atoms with Gasteiger partial charge in [0.2, 0.25) is 5.95 Å². The van der Waals surface area contributed by atoms with Crippen molar-refractivity contribution < 1.29 is 14.2 Å². The number of fused-ring (bicyclic) bond motifs is 1. The summed E-state index contributed by atoms with van der Waals surface area (Å²) in [7, 11) is 0. The minimum atomic E-state index is -1.02. The average molecular weight is 487 g/mol. The van der Waals surface area contributed by atoms with E-state index in [2.05, 4.69) is 15.4 Å². The van der Waals surface area contributed by atoms with Gasteiger partial charge in [0, 0.05) is 24.0 Å². The van der Waals surface area contributed by atoms with Crippen LogP contribution in [0.1, 0.15) is 42.3 Å². The van der Waals surface area contributed by atoms with Crippen LogP contribution in [0.3, 0.4) is 0 Å². The lowest BCUT2D eigenvalue weighted by atomic mass is 9.84. The van der Waals surface area contributed by atoms with Gasteiger partial charge in [0.15, 0.2) is 5.15 Å². The second kappa shape index (κ2) is 8.71. The van der Waals surface area contributed by atoms with Crippen LogP contribution in [0.15, 0.2) is 24.5 Å². The standard InChI is InChI=1S/C24H28ClFN6O2/c1-13-6-14-8-27-24(30-20-9-28-32(23(20)25)15-2-3-15)29-19(14)7-17(13)16-4-5-31(10-18(16)26)21-11-34-12-22(21)33/h6-9,15-16,18,21-22,33H,2-5,10-12H2,1H3,(H,27,29,30)/t16-,18?,21?,22?/m0/s1. The van der Waals surface area contributed by atoms with Crippen molar-refractivity contribution in [3.8, 4) is 0 Å². The molecule has 0 spiro atoms. The Hall–Kier alpha value is -2.33. The van der Waals surface area contributed by atoms with Crippen LogP contribution >= 0.6 is 11.6 Å². The van der Waals surface area contributed by atoms with E-state index in [0.717, 1.165) is 41.4 Å². The number of likely N-dealkylation sites (tertiary alicyclic amines) is 1. The van der Waals surface area contributed by atoms with Crippen molar-refractivity contribution >= 4 is 34.1 Å². The van der Waals surface area contributed by atoms with E-state index in [-0.39, 0.29) is 12.0 Å². The Labute approximate surface area is 202 Å². The first-order valence-electron chi connectivity index (χ1n) is 11.9. The van der Waals surface area contributed by atoms with Crippen LogP contribution in [0.4, 0.5) is 16.0 Å². The molecule has 0 radical (unpaired) electrons. The van der Waals surface area contributed by atoms with Crippen LogP contribution in [-0.4, -0.2) is 74.4 Å². The van der Waals surface area contributed by atoms with Gasteiger partial charge in [0.25, 0.3) is 0 Å². The highest BCUT2D eigenvalue weighted by atomic mass is 35.5. The van der Waals surface area contributed by atoms with E-state index in [1.54, 1.807) is 12.4 Å². The quantitative estimate of drug-likeness (QED) is 0.567. The summed E-state index contributed by atoms with van der Waals surface area (Å²) in [6, 6.07) is 4.29. The maximum absolute atomic E-state index is 15.4. The van der Waals surface area contributed by atoms with Crippen molar-refractivity contribution in [3.05, 3.63) is 40.8 Å².